The Kier molecular flexibility index (Phi) is 5.39. The first kappa shape index (κ1) is 19.9. The molecule has 1 N–H and O–H groups in total. The molecule has 1 aromatic carbocycles. The van der Waals surface area contributed by atoms with Crippen molar-refractivity contribution in [2.75, 3.05) is 6.54 Å². The zero-order valence-electron chi connectivity index (χ0n) is 14.5. The van der Waals surface area contributed by atoms with E-state index in [-0.39, 0.29) is 18.7 Å². The van der Waals surface area contributed by atoms with Gasteiger partial charge in [0.15, 0.2) is 0 Å². The molecule has 1 unspecified atom stereocenters. The van der Waals surface area contributed by atoms with Crippen LogP contribution in [-0.4, -0.2) is 46.4 Å². The summed E-state index contributed by atoms with van der Waals surface area (Å²) in [4.78, 5) is 24.6. The third-order valence-corrected chi connectivity index (χ3v) is 3.64. The Morgan fingerprint density at radius 3 is 2.42 bits per heavy atom. The molecule has 1 heterocycles. The van der Waals surface area contributed by atoms with E-state index in [4.69, 9.17) is 9.47 Å². The van der Waals surface area contributed by atoms with Crippen LogP contribution in [0.4, 0.5) is 18.0 Å². The minimum absolute atomic E-state index is 0.0417. The van der Waals surface area contributed by atoms with Crippen LogP contribution in [0.25, 0.3) is 0 Å². The van der Waals surface area contributed by atoms with Crippen LogP contribution >= 0.6 is 0 Å². The van der Waals surface area contributed by atoms with Gasteiger partial charge in [-0.1, -0.05) is 6.07 Å². The van der Waals surface area contributed by atoms with Gasteiger partial charge < -0.3 is 14.6 Å². The molecule has 26 heavy (non-hydrogen) atoms. The molecule has 6 nitrogen and oxygen atoms in total. The Morgan fingerprint density at radius 1 is 1.23 bits per heavy atom. The van der Waals surface area contributed by atoms with Gasteiger partial charge in [0.1, 0.15) is 23.5 Å². The molecule has 144 valence electrons. The fourth-order valence-electron chi connectivity index (χ4n) is 2.58. The largest absolute Gasteiger partial charge is 0.488 e. The Labute approximate surface area is 148 Å². The molecule has 1 fully saturated rings. The van der Waals surface area contributed by atoms with Crippen molar-refractivity contribution < 1.29 is 37.3 Å². The van der Waals surface area contributed by atoms with E-state index in [2.05, 4.69) is 0 Å². The zero-order valence-corrected chi connectivity index (χ0v) is 14.5. The molecule has 0 spiro atoms. The lowest BCUT2D eigenvalue weighted by Gasteiger charge is -2.26. The molecule has 1 aromatic rings. The van der Waals surface area contributed by atoms with Crippen molar-refractivity contribution in [3.8, 4) is 5.75 Å². The zero-order chi connectivity index (χ0) is 19.7. The number of halogens is 3. The molecule has 9 heteroatoms. The number of hydrogen-bond acceptors (Lipinski definition) is 4. The van der Waals surface area contributed by atoms with Gasteiger partial charge in [0.05, 0.1) is 12.1 Å². The van der Waals surface area contributed by atoms with Crippen molar-refractivity contribution in [3.63, 3.8) is 0 Å². The molecule has 2 rings (SSSR count). The Hall–Kier alpha value is -2.45. The van der Waals surface area contributed by atoms with Gasteiger partial charge in [-0.25, -0.2) is 9.59 Å². The topological polar surface area (TPSA) is 76.1 Å². The van der Waals surface area contributed by atoms with Crippen LogP contribution in [0.5, 0.6) is 5.75 Å². The van der Waals surface area contributed by atoms with E-state index < -0.39 is 41.5 Å². The fraction of sp³-hybridized carbons (Fsp3) is 0.529. The lowest BCUT2D eigenvalue weighted by atomic mass is 10.2. The van der Waals surface area contributed by atoms with Crippen molar-refractivity contribution in [1.82, 2.24) is 4.90 Å². The molecule has 1 saturated heterocycles. The summed E-state index contributed by atoms with van der Waals surface area (Å²) in [7, 11) is 0. The second kappa shape index (κ2) is 7.05. The van der Waals surface area contributed by atoms with Gasteiger partial charge in [0.2, 0.25) is 0 Å². The van der Waals surface area contributed by atoms with Crippen LogP contribution in [-0.2, 0) is 15.7 Å². The molecular formula is C17H20F3NO5. The molecule has 1 amide bonds. The number of nitrogens with zero attached hydrogens (tertiary/aromatic N) is 1. The lowest BCUT2D eigenvalue weighted by molar-refractivity contribution is -0.142. The number of amides is 1. The number of likely N-dealkylation sites (tertiary alicyclic amines) is 1. The molecule has 0 aromatic heterocycles. The van der Waals surface area contributed by atoms with E-state index in [1.807, 2.05) is 0 Å². The van der Waals surface area contributed by atoms with Gasteiger partial charge in [0.25, 0.3) is 0 Å². The van der Waals surface area contributed by atoms with E-state index in [1.54, 1.807) is 20.8 Å². The number of carboxylic acids is 1. The number of carbonyl (C=O) groups is 2. The third-order valence-electron chi connectivity index (χ3n) is 3.64. The third kappa shape index (κ3) is 5.03. The summed E-state index contributed by atoms with van der Waals surface area (Å²) in [6, 6.07) is 3.13. The minimum Gasteiger partial charge on any atom is -0.488 e. The Morgan fingerprint density at radius 2 is 1.88 bits per heavy atom. The van der Waals surface area contributed by atoms with Crippen molar-refractivity contribution >= 4 is 12.1 Å². The van der Waals surface area contributed by atoms with Gasteiger partial charge in [-0.3, -0.25) is 4.90 Å². The maximum atomic E-state index is 12.8. The molecular weight excluding hydrogens is 355 g/mol. The highest BCUT2D eigenvalue weighted by molar-refractivity contribution is 5.81. The van der Waals surface area contributed by atoms with Gasteiger partial charge in [-0.2, -0.15) is 13.2 Å². The molecule has 0 radical (unpaired) electrons. The summed E-state index contributed by atoms with van der Waals surface area (Å²) in [5.74, 6) is -1.27. The molecule has 2 atom stereocenters. The summed E-state index contributed by atoms with van der Waals surface area (Å²) in [6.07, 6.45) is -6.13. The monoisotopic (exact) mass is 375 g/mol. The molecule has 1 aliphatic heterocycles. The first-order valence-corrected chi connectivity index (χ1v) is 7.93. The average molecular weight is 375 g/mol. The quantitative estimate of drug-likeness (QED) is 0.874. The number of alkyl halides is 3. The molecule has 0 bridgehead atoms. The predicted molar refractivity (Wildman–Crippen MR) is 84.8 cm³/mol. The highest BCUT2D eigenvalue weighted by atomic mass is 19.4. The first-order chi connectivity index (χ1) is 11.9. The van der Waals surface area contributed by atoms with Crippen LogP contribution in [0.3, 0.4) is 0 Å². The van der Waals surface area contributed by atoms with E-state index >= 15 is 0 Å². The number of hydrogen-bond donors (Lipinski definition) is 1. The maximum Gasteiger partial charge on any atom is 0.416 e. The summed E-state index contributed by atoms with van der Waals surface area (Å²) in [5.41, 5.74) is -1.67. The highest BCUT2D eigenvalue weighted by Gasteiger charge is 2.42. The number of rotatable bonds is 3. The van der Waals surface area contributed by atoms with Crippen molar-refractivity contribution in [1.29, 1.82) is 0 Å². The maximum absolute atomic E-state index is 12.8. The molecule has 0 saturated carbocycles. The summed E-state index contributed by atoms with van der Waals surface area (Å²) < 4.78 is 49.0. The van der Waals surface area contributed by atoms with Crippen molar-refractivity contribution in [3.05, 3.63) is 29.8 Å². The van der Waals surface area contributed by atoms with Crippen LogP contribution < -0.4 is 4.74 Å². The van der Waals surface area contributed by atoms with Crippen LogP contribution in [0, 0.1) is 0 Å². The molecule has 0 aliphatic carbocycles. The fourth-order valence-corrected chi connectivity index (χ4v) is 2.58. The number of aliphatic carboxylic acids is 1. The number of benzene rings is 1. The highest BCUT2D eigenvalue weighted by Crippen LogP contribution is 2.32. The van der Waals surface area contributed by atoms with Crippen molar-refractivity contribution in [2.45, 2.75) is 51.1 Å². The number of carboxylic acid groups (broad SMARTS) is 1. The number of ether oxygens (including phenoxy) is 2. The van der Waals surface area contributed by atoms with Crippen LogP contribution in [0.2, 0.25) is 0 Å². The second-order valence-electron chi connectivity index (χ2n) is 6.99. The lowest BCUT2D eigenvalue weighted by Crippen LogP contribution is -2.43. The smallest absolute Gasteiger partial charge is 0.416 e. The SMILES string of the molecule is CC(C)(C)OC(=O)N1CC(Oc2cccc(C(F)(F)F)c2)C[C@H]1C(=O)O. The second-order valence-corrected chi connectivity index (χ2v) is 6.99. The molecule has 1 aliphatic rings. The van der Waals surface area contributed by atoms with Crippen LogP contribution in [0.1, 0.15) is 32.8 Å². The average Bonchev–Trinajstić information content (AvgIpc) is 2.89. The van der Waals surface area contributed by atoms with Gasteiger partial charge in [0, 0.05) is 6.42 Å². The number of carbonyl (C=O) groups excluding carboxylic acids is 1. The van der Waals surface area contributed by atoms with E-state index in [1.165, 1.54) is 12.1 Å². The van der Waals surface area contributed by atoms with Gasteiger partial charge in [-0.15, -0.1) is 0 Å². The summed E-state index contributed by atoms with van der Waals surface area (Å²) in [5, 5.41) is 9.31. The van der Waals surface area contributed by atoms with Gasteiger partial charge >= 0.3 is 18.2 Å². The summed E-state index contributed by atoms with van der Waals surface area (Å²) >= 11 is 0. The van der Waals surface area contributed by atoms with Crippen molar-refractivity contribution in [2.24, 2.45) is 0 Å². The standard InChI is InChI=1S/C17H20F3NO5/c1-16(2,3)26-15(24)21-9-12(8-13(21)14(22)23)25-11-6-4-5-10(7-11)17(18,19)20/h4-7,12-13H,8-9H2,1-3H3,(H,22,23)/t12?,13-/m0/s1. The van der Waals surface area contributed by atoms with E-state index in [9.17, 15) is 27.9 Å². The van der Waals surface area contributed by atoms with Crippen LogP contribution in [0.15, 0.2) is 24.3 Å². The van der Waals surface area contributed by atoms with E-state index in [0.717, 1.165) is 17.0 Å². The normalized spacial score (nSPS) is 20.8. The Bertz CT molecular complexity index is 684. The minimum atomic E-state index is -4.51. The summed E-state index contributed by atoms with van der Waals surface area (Å²) in [6.45, 7) is 4.84. The first-order valence-electron chi connectivity index (χ1n) is 7.93. The van der Waals surface area contributed by atoms with Gasteiger partial charge in [-0.05, 0) is 39.0 Å². The Balaban J connectivity index is 2.12. The van der Waals surface area contributed by atoms with E-state index in [0.29, 0.717) is 0 Å². The predicted octanol–water partition coefficient (Wildman–Crippen LogP) is 3.55.